The summed E-state index contributed by atoms with van der Waals surface area (Å²) >= 11 is 0. The van der Waals surface area contributed by atoms with Gasteiger partial charge in [-0.2, -0.15) is 18.3 Å². The molecule has 2 aliphatic heterocycles. The second-order valence-corrected chi connectivity index (χ2v) is 6.72. The minimum atomic E-state index is -4.62. The lowest BCUT2D eigenvalue weighted by atomic mass is 9.88. The summed E-state index contributed by atoms with van der Waals surface area (Å²) in [7, 11) is 0. The van der Waals surface area contributed by atoms with Gasteiger partial charge in [0, 0.05) is 12.3 Å². The lowest BCUT2D eigenvalue weighted by Gasteiger charge is -2.42. The van der Waals surface area contributed by atoms with Crippen LogP contribution in [-0.4, -0.2) is 68.7 Å². The molecule has 9 nitrogen and oxygen atoms in total. The van der Waals surface area contributed by atoms with Gasteiger partial charge in [0.1, 0.15) is 36.4 Å². The maximum Gasteiger partial charge on any atom is 0.433 e. The van der Waals surface area contributed by atoms with E-state index in [9.17, 15) is 23.4 Å². The zero-order valence-corrected chi connectivity index (χ0v) is 14.8. The van der Waals surface area contributed by atoms with E-state index in [-0.39, 0.29) is 24.9 Å². The molecule has 4 rings (SSSR count). The highest BCUT2D eigenvalue weighted by molar-refractivity contribution is 5.38. The van der Waals surface area contributed by atoms with Crippen LogP contribution in [0.5, 0.6) is 5.88 Å². The summed E-state index contributed by atoms with van der Waals surface area (Å²) in [6.45, 7) is -0.265. The van der Waals surface area contributed by atoms with E-state index in [1.165, 1.54) is 18.3 Å². The number of rotatable bonds is 5. The fourth-order valence-corrected chi connectivity index (χ4v) is 3.24. The third-order valence-electron chi connectivity index (χ3n) is 4.73. The third-order valence-corrected chi connectivity index (χ3v) is 4.73. The Morgan fingerprint density at radius 2 is 2.07 bits per heavy atom. The van der Waals surface area contributed by atoms with Crippen molar-refractivity contribution < 1.29 is 37.6 Å². The zero-order chi connectivity index (χ0) is 20.6. The molecule has 156 valence electrons. The van der Waals surface area contributed by atoms with Crippen molar-refractivity contribution in [1.82, 2.24) is 15.2 Å². The van der Waals surface area contributed by atoms with Crippen LogP contribution in [0.4, 0.5) is 19.0 Å². The summed E-state index contributed by atoms with van der Waals surface area (Å²) in [6, 6.07) is 5.44. The van der Waals surface area contributed by atoms with Crippen LogP contribution >= 0.6 is 0 Å². The fraction of sp³-hybridized carbons (Fsp3) is 0.471. The molecule has 2 bridgehead atoms. The first kappa shape index (κ1) is 19.8. The standard InChI is InChI=1S/C17H17F3N4O5/c18-17(19,20)9-3-1-4-10(22-9)23-12-13(25)14(26)16(8-28-15(12)29-16)7-27-11-5-2-6-21-24-11/h1-6,12-15,25-26H,7-8H2,(H,22,23)/t12-,13-,14-,15+,16+/m1/s1. The summed E-state index contributed by atoms with van der Waals surface area (Å²) in [6.07, 6.45) is -7.04. The van der Waals surface area contributed by atoms with E-state index in [0.29, 0.717) is 0 Å². The molecule has 3 N–H and O–H groups in total. The van der Waals surface area contributed by atoms with Gasteiger partial charge >= 0.3 is 6.18 Å². The molecule has 2 aromatic rings. The Hall–Kier alpha value is -2.54. The predicted molar refractivity (Wildman–Crippen MR) is 89.7 cm³/mol. The minimum absolute atomic E-state index is 0.0929. The molecule has 0 aliphatic carbocycles. The molecule has 0 saturated carbocycles. The highest BCUT2D eigenvalue weighted by Gasteiger charge is 2.60. The summed E-state index contributed by atoms with van der Waals surface area (Å²) in [5.41, 5.74) is -2.45. The number of alkyl halides is 3. The third kappa shape index (κ3) is 3.83. The second kappa shape index (κ2) is 7.37. The Balaban J connectivity index is 1.48. The average Bonchev–Trinajstić information content (AvgIpc) is 3.11. The van der Waals surface area contributed by atoms with Crippen molar-refractivity contribution in [1.29, 1.82) is 0 Å². The molecule has 0 amide bonds. The van der Waals surface area contributed by atoms with Gasteiger partial charge < -0.3 is 29.7 Å². The smallest absolute Gasteiger partial charge is 0.433 e. The van der Waals surface area contributed by atoms with Crippen LogP contribution in [0.2, 0.25) is 0 Å². The van der Waals surface area contributed by atoms with Gasteiger partial charge in [0.15, 0.2) is 11.9 Å². The molecule has 0 radical (unpaired) electrons. The highest BCUT2D eigenvalue weighted by Crippen LogP contribution is 2.38. The molecular weight excluding hydrogens is 397 g/mol. The molecule has 0 unspecified atom stereocenters. The number of aliphatic hydroxyl groups excluding tert-OH is 2. The van der Waals surface area contributed by atoms with E-state index in [1.807, 2.05) is 0 Å². The number of hydrogen-bond donors (Lipinski definition) is 3. The molecule has 2 saturated heterocycles. The molecule has 0 aromatic carbocycles. The fourth-order valence-electron chi connectivity index (χ4n) is 3.24. The lowest BCUT2D eigenvalue weighted by molar-refractivity contribution is -0.222. The summed E-state index contributed by atoms with van der Waals surface area (Å²) in [5.74, 6) is 0.0579. The molecule has 2 fully saturated rings. The molecule has 12 heteroatoms. The average molecular weight is 414 g/mol. The number of nitrogens with one attached hydrogen (secondary N) is 1. The largest absolute Gasteiger partial charge is 0.473 e. The lowest BCUT2D eigenvalue weighted by Crippen LogP contribution is -2.64. The Labute approximate surface area is 162 Å². The van der Waals surface area contributed by atoms with E-state index in [0.717, 1.165) is 6.07 Å². The molecule has 5 atom stereocenters. The molecule has 4 heterocycles. The first-order chi connectivity index (χ1) is 13.8. The minimum Gasteiger partial charge on any atom is -0.473 e. The maximum atomic E-state index is 12.9. The number of halogens is 3. The molecule has 2 aromatic heterocycles. The predicted octanol–water partition coefficient (Wildman–Crippen LogP) is 0.597. The van der Waals surface area contributed by atoms with Crippen LogP contribution in [0.3, 0.4) is 0 Å². The maximum absolute atomic E-state index is 12.9. The second-order valence-electron chi connectivity index (χ2n) is 6.72. The number of fused-ring (bicyclic) bond motifs is 2. The van der Waals surface area contributed by atoms with E-state index in [1.54, 1.807) is 12.1 Å². The van der Waals surface area contributed by atoms with Crippen molar-refractivity contribution in [2.45, 2.75) is 36.3 Å². The summed E-state index contributed by atoms with van der Waals surface area (Å²) in [4.78, 5) is 3.49. The molecule has 2 aliphatic rings. The van der Waals surface area contributed by atoms with E-state index in [2.05, 4.69) is 20.5 Å². The van der Waals surface area contributed by atoms with Crippen molar-refractivity contribution in [2.75, 3.05) is 18.5 Å². The van der Waals surface area contributed by atoms with Gasteiger partial charge in [0.05, 0.1) is 6.61 Å². The van der Waals surface area contributed by atoms with Gasteiger partial charge in [-0.05, 0) is 18.2 Å². The van der Waals surface area contributed by atoms with E-state index < -0.39 is 42.0 Å². The van der Waals surface area contributed by atoms with Crippen molar-refractivity contribution in [3.63, 3.8) is 0 Å². The number of nitrogens with zero attached hydrogens (tertiary/aromatic N) is 3. The first-order valence-corrected chi connectivity index (χ1v) is 8.65. The summed E-state index contributed by atoms with van der Waals surface area (Å²) in [5, 5.41) is 31.3. The van der Waals surface area contributed by atoms with Crippen LogP contribution in [0.15, 0.2) is 36.5 Å². The zero-order valence-electron chi connectivity index (χ0n) is 14.8. The van der Waals surface area contributed by atoms with Crippen LogP contribution in [0, 0.1) is 0 Å². The Kier molecular flexibility index (Phi) is 5.02. The topological polar surface area (TPSA) is 119 Å². The van der Waals surface area contributed by atoms with Gasteiger partial charge in [-0.25, -0.2) is 4.98 Å². The molecule has 29 heavy (non-hydrogen) atoms. The van der Waals surface area contributed by atoms with Crippen molar-refractivity contribution in [3.05, 3.63) is 42.2 Å². The van der Waals surface area contributed by atoms with Crippen LogP contribution in [0.25, 0.3) is 0 Å². The van der Waals surface area contributed by atoms with Gasteiger partial charge in [0.25, 0.3) is 0 Å². The van der Waals surface area contributed by atoms with Crippen molar-refractivity contribution >= 4 is 5.82 Å². The number of ether oxygens (including phenoxy) is 3. The number of pyridine rings is 1. The van der Waals surface area contributed by atoms with Gasteiger partial charge in [-0.1, -0.05) is 6.07 Å². The van der Waals surface area contributed by atoms with Crippen molar-refractivity contribution in [2.24, 2.45) is 0 Å². The number of hydrogen-bond acceptors (Lipinski definition) is 9. The Bertz CT molecular complexity index is 858. The van der Waals surface area contributed by atoms with Crippen LogP contribution < -0.4 is 10.1 Å². The first-order valence-electron chi connectivity index (χ1n) is 8.65. The Morgan fingerprint density at radius 3 is 2.79 bits per heavy atom. The Morgan fingerprint density at radius 1 is 1.24 bits per heavy atom. The number of aromatic nitrogens is 3. The monoisotopic (exact) mass is 414 g/mol. The highest BCUT2D eigenvalue weighted by atomic mass is 19.4. The summed E-state index contributed by atoms with van der Waals surface area (Å²) < 4.78 is 55.3. The molecular formula is C17H17F3N4O5. The van der Waals surface area contributed by atoms with Crippen LogP contribution in [-0.2, 0) is 15.7 Å². The molecule has 0 spiro atoms. The van der Waals surface area contributed by atoms with Crippen molar-refractivity contribution in [3.8, 4) is 5.88 Å². The normalized spacial score (nSPS) is 31.5. The van der Waals surface area contributed by atoms with Gasteiger partial charge in [0.2, 0.25) is 5.88 Å². The van der Waals surface area contributed by atoms with Gasteiger partial charge in [-0.3, -0.25) is 0 Å². The quantitative estimate of drug-likeness (QED) is 0.646. The number of aliphatic hydroxyl groups is 2. The number of anilines is 1. The van der Waals surface area contributed by atoms with Crippen LogP contribution in [0.1, 0.15) is 5.69 Å². The van der Waals surface area contributed by atoms with E-state index >= 15 is 0 Å². The van der Waals surface area contributed by atoms with E-state index in [4.69, 9.17) is 14.2 Å². The SMILES string of the molecule is O[C@@H]1[C@@H](Nc2cccc(C(F)(F)F)n2)[C@H]2OC[C@](COc3cccnn3)(O2)[C@@H]1O. The van der Waals surface area contributed by atoms with Gasteiger partial charge in [-0.15, -0.1) is 5.10 Å².